The van der Waals surface area contributed by atoms with Gasteiger partial charge in [0.15, 0.2) is 18.1 Å². The molecule has 0 unspecified atom stereocenters. The zero-order valence-electron chi connectivity index (χ0n) is 16.0. The molecule has 0 saturated heterocycles. The van der Waals surface area contributed by atoms with Gasteiger partial charge in [0.1, 0.15) is 5.75 Å². The number of Topliss-reactive ketones (excluding diaryl/α,β-unsaturated/α-hetero) is 1. The first-order valence-electron chi connectivity index (χ1n) is 8.93. The molecule has 0 aliphatic rings. The number of anilines is 1. The van der Waals surface area contributed by atoms with E-state index in [-0.39, 0.29) is 40.8 Å². The number of benzene rings is 3. The number of amides is 1. The molecule has 0 aliphatic carbocycles. The number of ketones is 1. The van der Waals surface area contributed by atoms with Gasteiger partial charge < -0.3 is 14.8 Å². The highest BCUT2D eigenvalue weighted by molar-refractivity contribution is 6.06. The lowest BCUT2D eigenvalue weighted by molar-refractivity contribution is -0.385. The van der Waals surface area contributed by atoms with Crippen LogP contribution in [0.25, 0.3) is 0 Å². The summed E-state index contributed by atoms with van der Waals surface area (Å²) in [5.74, 6) is -0.578. The first kappa shape index (κ1) is 20.5. The second-order valence-corrected chi connectivity index (χ2v) is 6.17. The molecule has 3 aromatic carbocycles. The van der Waals surface area contributed by atoms with Gasteiger partial charge in [-0.3, -0.25) is 19.7 Å². The number of nitrogens with zero attached hydrogens (tertiary/aromatic N) is 1. The van der Waals surface area contributed by atoms with Gasteiger partial charge in [-0.25, -0.2) is 0 Å². The predicted octanol–water partition coefficient (Wildman–Crippen LogP) is 4.12. The minimum absolute atomic E-state index is 0.0559. The molecule has 0 bridgehead atoms. The molecule has 30 heavy (non-hydrogen) atoms. The monoisotopic (exact) mass is 406 g/mol. The molecule has 3 aromatic rings. The van der Waals surface area contributed by atoms with Crippen LogP contribution in [0.5, 0.6) is 11.5 Å². The van der Waals surface area contributed by atoms with E-state index in [2.05, 4.69) is 5.32 Å². The number of rotatable bonds is 8. The third-order valence-corrected chi connectivity index (χ3v) is 4.22. The molecule has 152 valence electrons. The summed E-state index contributed by atoms with van der Waals surface area (Å²) in [7, 11) is 1.31. The van der Waals surface area contributed by atoms with E-state index in [9.17, 15) is 19.7 Å². The van der Waals surface area contributed by atoms with Crippen LogP contribution >= 0.6 is 0 Å². The maximum Gasteiger partial charge on any atom is 0.311 e. The van der Waals surface area contributed by atoms with Crippen LogP contribution in [-0.2, 0) is 0 Å². The molecule has 0 heterocycles. The smallest absolute Gasteiger partial charge is 0.311 e. The van der Waals surface area contributed by atoms with Crippen molar-refractivity contribution in [3.8, 4) is 11.5 Å². The average molecular weight is 406 g/mol. The number of carbonyl (C=O) groups is 2. The lowest BCUT2D eigenvalue weighted by atomic mass is 10.1. The van der Waals surface area contributed by atoms with Gasteiger partial charge in [-0.2, -0.15) is 0 Å². The van der Waals surface area contributed by atoms with E-state index in [1.807, 2.05) is 6.07 Å². The minimum atomic E-state index is -0.625. The number of ether oxygens (including phenoxy) is 2. The highest BCUT2D eigenvalue weighted by atomic mass is 16.6. The van der Waals surface area contributed by atoms with Crippen LogP contribution in [0.3, 0.4) is 0 Å². The van der Waals surface area contributed by atoms with Gasteiger partial charge in [-0.05, 0) is 36.4 Å². The van der Waals surface area contributed by atoms with E-state index in [4.69, 9.17) is 9.47 Å². The Morgan fingerprint density at radius 3 is 2.37 bits per heavy atom. The molecule has 0 fully saturated rings. The molecular formula is C22H18N2O6. The maximum atomic E-state index is 12.6. The lowest BCUT2D eigenvalue weighted by Gasteiger charge is -2.11. The van der Waals surface area contributed by atoms with E-state index in [0.29, 0.717) is 5.69 Å². The molecule has 0 spiro atoms. The Bertz CT molecular complexity index is 1080. The normalized spacial score (nSPS) is 10.2. The fraction of sp³-hybridized carbons (Fsp3) is 0.0909. The van der Waals surface area contributed by atoms with E-state index in [1.165, 1.54) is 19.2 Å². The van der Waals surface area contributed by atoms with Crippen LogP contribution in [-0.4, -0.2) is 30.3 Å². The van der Waals surface area contributed by atoms with E-state index in [0.717, 1.165) is 6.07 Å². The standard InChI is InChI=1S/C22H18N2O6/c1-29-21-12-11-15(13-18(21)24(27)28)19(25)14-30-20-10-6-5-9-17(20)22(26)23-16-7-3-2-4-8-16/h2-13H,14H2,1H3,(H,23,26). The maximum absolute atomic E-state index is 12.6. The van der Waals surface area contributed by atoms with Crippen LogP contribution in [0, 0.1) is 10.1 Å². The van der Waals surface area contributed by atoms with Gasteiger partial charge in [0.05, 0.1) is 17.6 Å². The summed E-state index contributed by atoms with van der Waals surface area (Å²) in [6.07, 6.45) is 0. The van der Waals surface area contributed by atoms with Crippen LogP contribution in [0.4, 0.5) is 11.4 Å². The van der Waals surface area contributed by atoms with Crippen molar-refractivity contribution in [2.75, 3.05) is 19.0 Å². The van der Waals surface area contributed by atoms with Gasteiger partial charge in [0, 0.05) is 17.3 Å². The number of carbonyl (C=O) groups excluding carboxylic acids is 2. The van der Waals surface area contributed by atoms with Crippen LogP contribution < -0.4 is 14.8 Å². The molecule has 0 saturated carbocycles. The second-order valence-electron chi connectivity index (χ2n) is 6.17. The summed E-state index contributed by atoms with van der Waals surface area (Å²) in [4.78, 5) is 35.6. The average Bonchev–Trinajstić information content (AvgIpc) is 2.77. The fourth-order valence-electron chi connectivity index (χ4n) is 2.73. The van der Waals surface area contributed by atoms with Gasteiger partial charge in [0.2, 0.25) is 0 Å². The number of hydrogen-bond donors (Lipinski definition) is 1. The van der Waals surface area contributed by atoms with Gasteiger partial charge in [-0.15, -0.1) is 0 Å². The Morgan fingerprint density at radius 1 is 0.967 bits per heavy atom. The van der Waals surface area contributed by atoms with Crippen molar-refractivity contribution in [3.05, 3.63) is 94.0 Å². The zero-order chi connectivity index (χ0) is 21.5. The number of nitro groups is 1. The summed E-state index contributed by atoms with van der Waals surface area (Å²) in [6, 6.07) is 19.4. The molecule has 1 amide bonds. The molecule has 0 atom stereocenters. The minimum Gasteiger partial charge on any atom is -0.490 e. The first-order valence-corrected chi connectivity index (χ1v) is 8.93. The van der Waals surface area contributed by atoms with Crippen molar-refractivity contribution in [2.24, 2.45) is 0 Å². The number of nitro benzene ring substituents is 1. The topological polar surface area (TPSA) is 108 Å². The Balaban J connectivity index is 1.73. The van der Waals surface area contributed by atoms with Crippen LogP contribution in [0.15, 0.2) is 72.8 Å². The highest BCUT2D eigenvalue weighted by Crippen LogP contribution is 2.28. The SMILES string of the molecule is COc1ccc(C(=O)COc2ccccc2C(=O)Nc2ccccc2)cc1[N+](=O)[O-]. The Hall–Kier alpha value is -4.20. The Morgan fingerprint density at radius 2 is 1.67 bits per heavy atom. The predicted molar refractivity (Wildman–Crippen MR) is 110 cm³/mol. The number of methoxy groups -OCH3 is 1. The fourth-order valence-corrected chi connectivity index (χ4v) is 2.73. The Kier molecular flexibility index (Phi) is 6.39. The van der Waals surface area contributed by atoms with Crippen molar-refractivity contribution >= 4 is 23.1 Å². The second kappa shape index (κ2) is 9.33. The van der Waals surface area contributed by atoms with Crippen molar-refractivity contribution < 1.29 is 24.0 Å². The number of nitrogens with one attached hydrogen (secondary N) is 1. The third-order valence-electron chi connectivity index (χ3n) is 4.22. The summed E-state index contributed by atoms with van der Waals surface area (Å²) in [5, 5.41) is 13.9. The van der Waals surface area contributed by atoms with Gasteiger partial charge >= 0.3 is 5.69 Å². The lowest BCUT2D eigenvalue weighted by Crippen LogP contribution is -2.16. The van der Waals surface area contributed by atoms with Crippen molar-refractivity contribution in [3.63, 3.8) is 0 Å². The molecule has 8 heteroatoms. The highest BCUT2D eigenvalue weighted by Gasteiger charge is 2.19. The van der Waals surface area contributed by atoms with Crippen molar-refractivity contribution in [2.45, 2.75) is 0 Å². The molecule has 3 rings (SSSR count). The zero-order valence-corrected chi connectivity index (χ0v) is 16.0. The van der Waals surface area contributed by atoms with Crippen molar-refractivity contribution in [1.29, 1.82) is 0 Å². The molecular weight excluding hydrogens is 388 g/mol. The van der Waals surface area contributed by atoms with Gasteiger partial charge in [0.25, 0.3) is 5.91 Å². The molecule has 0 aliphatic heterocycles. The molecule has 8 nitrogen and oxygen atoms in total. The van der Waals surface area contributed by atoms with Crippen LogP contribution in [0.2, 0.25) is 0 Å². The summed E-state index contributed by atoms with van der Waals surface area (Å²) in [5.41, 5.74) is 0.675. The summed E-state index contributed by atoms with van der Waals surface area (Å²) < 4.78 is 10.5. The molecule has 0 radical (unpaired) electrons. The number of para-hydroxylation sites is 2. The summed E-state index contributed by atoms with van der Waals surface area (Å²) >= 11 is 0. The van der Waals surface area contributed by atoms with Crippen LogP contribution in [0.1, 0.15) is 20.7 Å². The molecule has 1 N–H and O–H groups in total. The summed E-state index contributed by atoms with van der Waals surface area (Å²) in [6.45, 7) is -0.390. The van der Waals surface area contributed by atoms with Crippen molar-refractivity contribution in [1.82, 2.24) is 0 Å². The quantitative estimate of drug-likeness (QED) is 0.343. The largest absolute Gasteiger partial charge is 0.490 e. The first-order chi connectivity index (χ1) is 14.5. The number of hydrogen-bond acceptors (Lipinski definition) is 6. The van der Waals surface area contributed by atoms with Gasteiger partial charge in [-0.1, -0.05) is 30.3 Å². The molecule has 0 aromatic heterocycles. The van der Waals surface area contributed by atoms with E-state index < -0.39 is 10.7 Å². The Labute approximate surface area is 172 Å². The van der Waals surface area contributed by atoms with E-state index in [1.54, 1.807) is 48.5 Å². The third kappa shape index (κ3) is 4.79. The van der Waals surface area contributed by atoms with E-state index >= 15 is 0 Å².